The summed E-state index contributed by atoms with van der Waals surface area (Å²) >= 11 is 5.80. The second-order valence-electron chi connectivity index (χ2n) is 4.65. The smallest absolute Gasteiger partial charge is 0.292 e. The van der Waals surface area contributed by atoms with Crippen LogP contribution in [0.5, 0.6) is 0 Å². The van der Waals surface area contributed by atoms with Crippen molar-refractivity contribution in [2.75, 3.05) is 11.9 Å². The number of para-hydroxylation sites is 2. The van der Waals surface area contributed by atoms with Gasteiger partial charge in [0, 0.05) is 16.7 Å². The lowest BCUT2D eigenvalue weighted by molar-refractivity contribution is -0.659. The summed E-state index contributed by atoms with van der Waals surface area (Å²) in [6.45, 7) is 0.802. The van der Waals surface area contributed by atoms with Crippen LogP contribution in [0.4, 0.5) is 11.4 Å². The number of nitrogens with two attached hydrogens (primary N) is 1. The number of nitro benzene ring substituents is 1. The lowest BCUT2D eigenvalue weighted by atomic mass is 10.2. The SMILES string of the molecule is O=C(C[NH2+]Cc1ccc(Cl)cc1)Nc1ccccc1[N+](=O)[O-]. The molecule has 0 saturated carbocycles. The first-order valence-corrected chi connectivity index (χ1v) is 7.03. The number of carbonyl (C=O) groups is 1. The number of hydrogen-bond donors (Lipinski definition) is 2. The van der Waals surface area contributed by atoms with Crippen LogP contribution < -0.4 is 10.6 Å². The largest absolute Gasteiger partial charge is 0.335 e. The maximum absolute atomic E-state index is 11.8. The Morgan fingerprint density at radius 3 is 2.55 bits per heavy atom. The molecule has 7 heteroatoms. The molecule has 0 aliphatic heterocycles. The van der Waals surface area contributed by atoms with E-state index >= 15 is 0 Å². The number of nitrogens with one attached hydrogen (secondary N) is 1. The molecule has 0 spiro atoms. The molecule has 0 aromatic heterocycles. The van der Waals surface area contributed by atoms with Crippen molar-refractivity contribution in [3.8, 4) is 0 Å². The van der Waals surface area contributed by atoms with Gasteiger partial charge in [-0.1, -0.05) is 35.9 Å². The minimum atomic E-state index is -0.521. The first-order chi connectivity index (χ1) is 10.6. The number of benzene rings is 2. The van der Waals surface area contributed by atoms with Crippen molar-refractivity contribution in [1.82, 2.24) is 0 Å². The highest BCUT2D eigenvalue weighted by Gasteiger charge is 2.15. The van der Waals surface area contributed by atoms with E-state index in [1.807, 2.05) is 17.4 Å². The fourth-order valence-corrected chi connectivity index (χ4v) is 2.06. The maximum atomic E-state index is 11.8. The second-order valence-corrected chi connectivity index (χ2v) is 5.08. The second kappa shape index (κ2) is 7.53. The van der Waals surface area contributed by atoms with E-state index in [0.29, 0.717) is 11.6 Å². The van der Waals surface area contributed by atoms with E-state index in [1.54, 1.807) is 24.3 Å². The first kappa shape index (κ1) is 15.9. The predicted octanol–water partition coefficient (Wildman–Crippen LogP) is 1.95. The van der Waals surface area contributed by atoms with E-state index in [9.17, 15) is 14.9 Å². The molecule has 0 unspecified atom stereocenters. The Bertz CT molecular complexity index is 674. The number of nitrogens with zero attached hydrogens (tertiary/aromatic N) is 1. The van der Waals surface area contributed by atoms with Gasteiger partial charge in [0.05, 0.1) is 4.92 Å². The normalized spacial score (nSPS) is 10.2. The van der Waals surface area contributed by atoms with Gasteiger partial charge >= 0.3 is 0 Å². The van der Waals surface area contributed by atoms with Crippen molar-refractivity contribution < 1.29 is 15.0 Å². The molecular formula is C15H15ClN3O3+. The summed E-state index contributed by atoms with van der Waals surface area (Å²) in [4.78, 5) is 22.2. The van der Waals surface area contributed by atoms with Crippen LogP contribution in [0.1, 0.15) is 5.56 Å². The topological polar surface area (TPSA) is 88.8 Å². The highest BCUT2D eigenvalue weighted by molar-refractivity contribution is 6.30. The number of rotatable bonds is 6. The number of hydrogen-bond acceptors (Lipinski definition) is 3. The molecular weight excluding hydrogens is 306 g/mol. The molecule has 1 amide bonds. The summed E-state index contributed by atoms with van der Waals surface area (Å²) < 4.78 is 0. The Morgan fingerprint density at radius 2 is 1.86 bits per heavy atom. The molecule has 0 fully saturated rings. The highest BCUT2D eigenvalue weighted by Crippen LogP contribution is 2.22. The van der Waals surface area contributed by atoms with E-state index in [1.165, 1.54) is 12.1 Å². The molecule has 2 rings (SSSR count). The molecule has 0 aliphatic carbocycles. The molecule has 2 aromatic carbocycles. The minimum absolute atomic E-state index is 0.117. The number of quaternary nitrogens is 1. The van der Waals surface area contributed by atoms with Crippen molar-refractivity contribution in [2.24, 2.45) is 0 Å². The zero-order valence-electron chi connectivity index (χ0n) is 11.7. The molecule has 0 bridgehead atoms. The van der Waals surface area contributed by atoms with E-state index < -0.39 is 4.92 Å². The van der Waals surface area contributed by atoms with E-state index in [0.717, 1.165) is 5.56 Å². The van der Waals surface area contributed by atoms with Crippen molar-refractivity contribution in [3.05, 3.63) is 69.2 Å². The summed E-state index contributed by atoms with van der Waals surface area (Å²) in [5.74, 6) is -0.289. The lowest BCUT2D eigenvalue weighted by Crippen LogP contribution is -2.84. The number of halogens is 1. The first-order valence-electron chi connectivity index (χ1n) is 6.65. The fourth-order valence-electron chi connectivity index (χ4n) is 1.93. The van der Waals surface area contributed by atoms with Crippen LogP contribution in [-0.4, -0.2) is 17.4 Å². The van der Waals surface area contributed by atoms with Gasteiger partial charge in [-0.15, -0.1) is 0 Å². The molecule has 2 aromatic rings. The zero-order chi connectivity index (χ0) is 15.9. The van der Waals surface area contributed by atoms with Crippen molar-refractivity contribution in [1.29, 1.82) is 0 Å². The highest BCUT2D eigenvalue weighted by atomic mass is 35.5. The van der Waals surface area contributed by atoms with Gasteiger partial charge in [-0.05, 0) is 18.2 Å². The molecule has 22 heavy (non-hydrogen) atoms. The zero-order valence-corrected chi connectivity index (χ0v) is 12.4. The van der Waals surface area contributed by atoms with Crippen molar-refractivity contribution >= 4 is 28.9 Å². The van der Waals surface area contributed by atoms with Gasteiger partial charge in [0.1, 0.15) is 12.2 Å². The van der Waals surface area contributed by atoms with Crippen LogP contribution in [0, 0.1) is 10.1 Å². The summed E-state index contributed by atoms with van der Waals surface area (Å²) in [6.07, 6.45) is 0. The molecule has 0 aliphatic rings. The van der Waals surface area contributed by atoms with Gasteiger partial charge in [-0.2, -0.15) is 0 Å². The van der Waals surface area contributed by atoms with Crippen LogP contribution in [0.3, 0.4) is 0 Å². The Balaban J connectivity index is 1.86. The van der Waals surface area contributed by atoms with Gasteiger partial charge in [-0.3, -0.25) is 14.9 Å². The van der Waals surface area contributed by atoms with Gasteiger partial charge in [0.25, 0.3) is 11.6 Å². The average Bonchev–Trinajstić information content (AvgIpc) is 2.49. The van der Waals surface area contributed by atoms with Gasteiger partial charge < -0.3 is 10.6 Å². The lowest BCUT2D eigenvalue weighted by Gasteiger charge is -2.05. The fraction of sp³-hybridized carbons (Fsp3) is 0.133. The third kappa shape index (κ3) is 4.54. The number of anilines is 1. The van der Waals surface area contributed by atoms with E-state index in [4.69, 9.17) is 11.6 Å². The number of amides is 1. The van der Waals surface area contributed by atoms with Gasteiger partial charge in [0.2, 0.25) is 0 Å². The Labute approximate surface area is 132 Å². The van der Waals surface area contributed by atoms with Crippen LogP contribution in [0.15, 0.2) is 48.5 Å². The van der Waals surface area contributed by atoms with E-state index in [2.05, 4.69) is 5.32 Å². The standard InChI is InChI=1S/C15H14ClN3O3/c16-12-7-5-11(6-8-12)9-17-10-15(20)18-13-3-1-2-4-14(13)19(21)22/h1-8,17H,9-10H2,(H,18,20)/p+1. The third-order valence-corrected chi connectivity index (χ3v) is 3.25. The summed E-state index contributed by atoms with van der Waals surface area (Å²) in [6, 6.07) is 13.4. The molecule has 0 heterocycles. The minimum Gasteiger partial charge on any atom is -0.335 e. The quantitative estimate of drug-likeness (QED) is 0.629. The Hall–Kier alpha value is -2.44. The monoisotopic (exact) mass is 320 g/mol. The molecule has 3 N–H and O–H groups in total. The van der Waals surface area contributed by atoms with Crippen LogP contribution >= 0.6 is 11.6 Å². The van der Waals surface area contributed by atoms with Crippen LogP contribution in [0.25, 0.3) is 0 Å². The van der Waals surface area contributed by atoms with Gasteiger partial charge in [0.15, 0.2) is 6.54 Å². The number of nitro groups is 1. The summed E-state index contributed by atoms with van der Waals surface area (Å²) in [7, 11) is 0. The number of carbonyl (C=O) groups excluding carboxylic acids is 1. The molecule has 114 valence electrons. The average molecular weight is 321 g/mol. The molecule has 0 saturated heterocycles. The Morgan fingerprint density at radius 1 is 1.18 bits per heavy atom. The maximum Gasteiger partial charge on any atom is 0.292 e. The van der Waals surface area contributed by atoms with Crippen LogP contribution in [-0.2, 0) is 11.3 Å². The third-order valence-electron chi connectivity index (χ3n) is 3.00. The summed E-state index contributed by atoms with van der Waals surface area (Å²) in [5.41, 5.74) is 1.13. The predicted molar refractivity (Wildman–Crippen MR) is 83.7 cm³/mol. The molecule has 6 nitrogen and oxygen atoms in total. The van der Waals surface area contributed by atoms with Crippen molar-refractivity contribution in [3.63, 3.8) is 0 Å². The molecule has 0 atom stereocenters. The van der Waals surface area contributed by atoms with Crippen LogP contribution in [0.2, 0.25) is 5.02 Å². The summed E-state index contributed by atoms with van der Waals surface area (Å²) in [5, 5.41) is 15.9. The Kier molecular flexibility index (Phi) is 5.46. The van der Waals surface area contributed by atoms with E-state index in [-0.39, 0.29) is 23.8 Å². The van der Waals surface area contributed by atoms with Crippen molar-refractivity contribution in [2.45, 2.75) is 6.54 Å². The molecule has 0 radical (unpaired) electrons. The van der Waals surface area contributed by atoms with Gasteiger partial charge in [-0.25, -0.2) is 0 Å².